The molecular formula is C21H16N6O2. The number of hydrogen-bond acceptors (Lipinski definition) is 6. The first-order chi connectivity index (χ1) is 14.0. The molecule has 0 bridgehead atoms. The van der Waals surface area contributed by atoms with Gasteiger partial charge in [0.2, 0.25) is 5.95 Å². The lowest BCUT2D eigenvalue weighted by molar-refractivity contribution is 0.0697. The minimum Gasteiger partial charge on any atom is -0.478 e. The van der Waals surface area contributed by atoms with E-state index >= 15 is 0 Å². The van der Waals surface area contributed by atoms with Crippen LogP contribution in [0.3, 0.4) is 0 Å². The lowest BCUT2D eigenvalue weighted by Gasteiger charge is -2.08. The summed E-state index contributed by atoms with van der Waals surface area (Å²) in [4.78, 5) is 24.1. The van der Waals surface area contributed by atoms with Crippen molar-refractivity contribution in [2.24, 2.45) is 0 Å². The highest BCUT2D eigenvalue weighted by Gasteiger charge is 2.12. The minimum absolute atomic E-state index is 0.153. The zero-order valence-electron chi connectivity index (χ0n) is 15.2. The molecule has 142 valence electrons. The maximum absolute atomic E-state index is 11.1. The van der Waals surface area contributed by atoms with Gasteiger partial charge in [-0.25, -0.2) is 9.78 Å². The third-order valence-electron chi connectivity index (χ3n) is 4.98. The number of aromatic nitrogens is 4. The van der Waals surface area contributed by atoms with Gasteiger partial charge in [-0.3, -0.25) is 4.98 Å². The molecule has 0 amide bonds. The Bertz CT molecular complexity index is 1440. The van der Waals surface area contributed by atoms with E-state index in [-0.39, 0.29) is 11.5 Å². The monoisotopic (exact) mass is 384 g/mol. The summed E-state index contributed by atoms with van der Waals surface area (Å²) in [6.07, 6.45) is 1.97. The molecule has 29 heavy (non-hydrogen) atoms. The molecule has 8 nitrogen and oxygen atoms in total. The molecule has 0 fully saturated rings. The fraction of sp³-hybridized carbons (Fsp3) is 0.0476. The summed E-state index contributed by atoms with van der Waals surface area (Å²) in [5.41, 5.74) is 15.3. The van der Waals surface area contributed by atoms with E-state index in [1.807, 2.05) is 36.5 Å². The Morgan fingerprint density at radius 3 is 2.62 bits per heavy atom. The van der Waals surface area contributed by atoms with Crippen LogP contribution in [0.4, 0.5) is 11.8 Å². The number of nitrogen functional groups attached to an aromatic ring is 2. The Hall–Kier alpha value is -4.20. The number of benzene rings is 2. The number of anilines is 2. The van der Waals surface area contributed by atoms with E-state index < -0.39 is 5.97 Å². The van der Waals surface area contributed by atoms with Crippen molar-refractivity contribution < 1.29 is 9.90 Å². The molecule has 5 rings (SSSR count). The van der Waals surface area contributed by atoms with Gasteiger partial charge >= 0.3 is 5.97 Å². The molecule has 0 saturated carbocycles. The largest absolute Gasteiger partial charge is 0.478 e. The second-order valence-electron chi connectivity index (χ2n) is 6.82. The Labute approximate surface area is 164 Å². The number of nitrogens with two attached hydrogens (primary N) is 2. The number of fused-ring (bicyclic) bond motifs is 4. The molecule has 3 heterocycles. The zero-order valence-corrected chi connectivity index (χ0v) is 15.2. The van der Waals surface area contributed by atoms with Crippen LogP contribution in [-0.2, 0) is 6.54 Å². The normalized spacial score (nSPS) is 11.4. The van der Waals surface area contributed by atoms with Crippen LogP contribution < -0.4 is 11.5 Å². The highest BCUT2D eigenvalue weighted by atomic mass is 16.4. The molecule has 0 aliphatic carbocycles. The van der Waals surface area contributed by atoms with Gasteiger partial charge in [0.05, 0.1) is 34.2 Å². The summed E-state index contributed by atoms with van der Waals surface area (Å²) >= 11 is 0. The molecule has 0 unspecified atom stereocenters. The van der Waals surface area contributed by atoms with Gasteiger partial charge in [0.1, 0.15) is 5.82 Å². The standard InChI is InChI=1S/C21H16N6O2/c22-19-18-14-7-8-27(17(14)6-5-16(18)25-21(23)26-19)10-13-3-1-11-9-12(20(28)29)2-4-15(11)24-13/h1-9H,10H2,(H,28,29)(H4,22,23,25,26). The smallest absolute Gasteiger partial charge is 0.335 e. The van der Waals surface area contributed by atoms with Crippen molar-refractivity contribution in [3.05, 3.63) is 66.0 Å². The summed E-state index contributed by atoms with van der Waals surface area (Å²) in [6.45, 7) is 0.557. The third-order valence-corrected chi connectivity index (χ3v) is 4.98. The average Bonchev–Trinajstić information content (AvgIpc) is 3.09. The van der Waals surface area contributed by atoms with E-state index in [1.165, 1.54) is 0 Å². The molecule has 0 atom stereocenters. The number of rotatable bonds is 3. The van der Waals surface area contributed by atoms with Crippen LogP contribution in [-0.4, -0.2) is 30.6 Å². The number of carboxylic acid groups (broad SMARTS) is 1. The number of nitrogens with zero attached hydrogens (tertiary/aromatic N) is 4. The fourth-order valence-corrected chi connectivity index (χ4v) is 3.65. The molecule has 0 spiro atoms. The lowest BCUT2D eigenvalue weighted by Crippen LogP contribution is -2.02. The quantitative estimate of drug-likeness (QED) is 0.435. The predicted octanol–water partition coefficient (Wildman–Crippen LogP) is 3.04. The number of pyridine rings is 1. The summed E-state index contributed by atoms with van der Waals surface area (Å²) in [6, 6.07) is 14.5. The van der Waals surface area contributed by atoms with Crippen LogP contribution in [0.5, 0.6) is 0 Å². The van der Waals surface area contributed by atoms with Crippen molar-refractivity contribution in [1.29, 1.82) is 0 Å². The zero-order chi connectivity index (χ0) is 20.1. The molecule has 0 saturated heterocycles. The minimum atomic E-state index is -0.952. The summed E-state index contributed by atoms with van der Waals surface area (Å²) in [7, 11) is 0. The van der Waals surface area contributed by atoms with Gasteiger partial charge in [0.15, 0.2) is 0 Å². The molecule has 0 aliphatic rings. The van der Waals surface area contributed by atoms with Crippen LogP contribution in [0.15, 0.2) is 54.7 Å². The highest BCUT2D eigenvalue weighted by molar-refractivity contribution is 6.10. The lowest BCUT2D eigenvalue weighted by atomic mass is 10.1. The maximum atomic E-state index is 11.1. The first kappa shape index (κ1) is 16.9. The maximum Gasteiger partial charge on any atom is 0.335 e. The Kier molecular flexibility index (Phi) is 3.60. The Morgan fingerprint density at radius 1 is 0.966 bits per heavy atom. The first-order valence-electron chi connectivity index (χ1n) is 8.93. The van der Waals surface area contributed by atoms with Crippen LogP contribution in [0, 0.1) is 0 Å². The van der Waals surface area contributed by atoms with Crippen LogP contribution >= 0.6 is 0 Å². The van der Waals surface area contributed by atoms with E-state index in [9.17, 15) is 4.79 Å². The molecule has 0 radical (unpaired) electrons. The predicted molar refractivity (Wildman–Crippen MR) is 112 cm³/mol. The van der Waals surface area contributed by atoms with Gasteiger partial charge in [0, 0.05) is 22.5 Å². The second kappa shape index (κ2) is 6.16. The van der Waals surface area contributed by atoms with E-state index in [0.717, 1.165) is 32.9 Å². The summed E-state index contributed by atoms with van der Waals surface area (Å²) < 4.78 is 2.07. The van der Waals surface area contributed by atoms with Crippen molar-refractivity contribution in [3.63, 3.8) is 0 Å². The number of hydrogen-bond donors (Lipinski definition) is 3. The molecule has 8 heteroatoms. The molecule has 2 aromatic carbocycles. The molecule has 0 aliphatic heterocycles. The Balaban J connectivity index is 1.57. The molecular weight excluding hydrogens is 368 g/mol. The van der Waals surface area contributed by atoms with Gasteiger partial charge in [-0.1, -0.05) is 6.07 Å². The molecule has 3 aromatic heterocycles. The van der Waals surface area contributed by atoms with Crippen molar-refractivity contribution in [2.45, 2.75) is 6.54 Å². The number of carboxylic acids is 1. The SMILES string of the molecule is Nc1nc(N)c2c(ccc3c2ccn3Cc2ccc3cc(C(=O)O)ccc3n2)n1. The van der Waals surface area contributed by atoms with Gasteiger partial charge in [-0.05, 0) is 42.5 Å². The van der Waals surface area contributed by atoms with Gasteiger partial charge in [0.25, 0.3) is 0 Å². The summed E-state index contributed by atoms with van der Waals surface area (Å²) in [5, 5.41) is 11.7. The van der Waals surface area contributed by atoms with E-state index in [1.54, 1.807) is 18.2 Å². The van der Waals surface area contributed by atoms with E-state index in [0.29, 0.717) is 17.9 Å². The van der Waals surface area contributed by atoms with Crippen molar-refractivity contribution in [3.8, 4) is 0 Å². The fourth-order valence-electron chi connectivity index (χ4n) is 3.65. The topological polar surface area (TPSA) is 133 Å². The highest BCUT2D eigenvalue weighted by Crippen LogP contribution is 2.29. The van der Waals surface area contributed by atoms with Crippen molar-refractivity contribution in [2.75, 3.05) is 11.5 Å². The van der Waals surface area contributed by atoms with Crippen LogP contribution in [0.25, 0.3) is 32.7 Å². The summed E-state index contributed by atoms with van der Waals surface area (Å²) in [5.74, 6) is -0.443. The van der Waals surface area contributed by atoms with Gasteiger partial charge < -0.3 is 21.1 Å². The van der Waals surface area contributed by atoms with Crippen LogP contribution in [0.2, 0.25) is 0 Å². The van der Waals surface area contributed by atoms with E-state index in [2.05, 4.69) is 19.5 Å². The van der Waals surface area contributed by atoms with Gasteiger partial charge in [-0.15, -0.1) is 0 Å². The Morgan fingerprint density at radius 2 is 1.79 bits per heavy atom. The van der Waals surface area contributed by atoms with Crippen LogP contribution in [0.1, 0.15) is 16.1 Å². The van der Waals surface area contributed by atoms with Crippen molar-refractivity contribution >= 4 is 50.4 Å². The number of carbonyl (C=O) groups is 1. The van der Waals surface area contributed by atoms with E-state index in [4.69, 9.17) is 16.6 Å². The second-order valence-corrected chi connectivity index (χ2v) is 6.82. The average molecular weight is 384 g/mol. The van der Waals surface area contributed by atoms with Crippen molar-refractivity contribution in [1.82, 2.24) is 19.5 Å². The first-order valence-corrected chi connectivity index (χ1v) is 8.93. The third kappa shape index (κ3) is 2.78. The number of aromatic carboxylic acids is 1. The molecule has 5 N–H and O–H groups in total. The molecule has 5 aromatic rings. The van der Waals surface area contributed by atoms with Gasteiger partial charge in [-0.2, -0.15) is 4.98 Å².